The van der Waals surface area contributed by atoms with Crippen LogP contribution < -0.4 is 5.32 Å². The number of likely N-dealkylation sites (tertiary alicyclic amines) is 1. The second-order valence-corrected chi connectivity index (χ2v) is 8.56. The SMILES string of the molecule is CCOC(=O)C1CCN(CC(=O)Nc2c(C#N)c(C)c(C)n2C2CCCCC2)CC1. The topological polar surface area (TPSA) is 87.4 Å². The van der Waals surface area contributed by atoms with Crippen LogP contribution in [-0.2, 0) is 14.3 Å². The summed E-state index contributed by atoms with van der Waals surface area (Å²) in [6.45, 7) is 7.90. The van der Waals surface area contributed by atoms with Crippen LogP contribution in [0.5, 0.6) is 0 Å². The van der Waals surface area contributed by atoms with Crippen molar-refractivity contribution in [3.05, 3.63) is 16.8 Å². The van der Waals surface area contributed by atoms with Crippen LogP contribution in [0.1, 0.15) is 74.7 Å². The van der Waals surface area contributed by atoms with E-state index in [0.717, 1.165) is 24.1 Å². The van der Waals surface area contributed by atoms with Gasteiger partial charge in [-0.1, -0.05) is 19.3 Å². The van der Waals surface area contributed by atoms with Gasteiger partial charge in [-0.3, -0.25) is 14.5 Å². The number of aromatic nitrogens is 1. The minimum atomic E-state index is -0.128. The van der Waals surface area contributed by atoms with Crippen molar-refractivity contribution >= 4 is 17.7 Å². The molecule has 30 heavy (non-hydrogen) atoms. The van der Waals surface area contributed by atoms with E-state index < -0.39 is 0 Å². The second kappa shape index (κ2) is 10.1. The number of nitriles is 1. The van der Waals surface area contributed by atoms with Gasteiger partial charge in [-0.05, 0) is 65.1 Å². The van der Waals surface area contributed by atoms with Crippen molar-refractivity contribution in [3.8, 4) is 6.07 Å². The van der Waals surface area contributed by atoms with Gasteiger partial charge in [-0.15, -0.1) is 0 Å². The fraction of sp³-hybridized carbons (Fsp3) is 0.696. The summed E-state index contributed by atoms with van der Waals surface area (Å²) in [6.07, 6.45) is 7.23. The predicted molar refractivity (Wildman–Crippen MR) is 115 cm³/mol. The third kappa shape index (κ3) is 4.86. The molecule has 1 saturated carbocycles. The number of esters is 1. The Balaban J connectivity index is 1.66. The number of ether oxygens (including phenoxy) is 1. The van der Waals surface area contributed by atoms with Gasteiger partial charge in [0.15, 0.2) is 0 Å². The number of hydrogen-bond donors (Lipinski definition) is 1. The zero-order chi connectivity index (χ0) is 21.7. The van der Waals surface area contributed by atoms with Crippen molar-refractivity contribution < 1.29 is 14.3 Å². The van der Waals surface area contributed by atoms with Gasteiger partial charge in [0, 0.05) is 11.7 Å². The Kier molecular flexibility index (Phi) is 7.54. The molecule has 1 amide bonds. The smallest absolute Gasteiger partial charge is 0.309 e. The number of carbonyl (C=O) groups is 2. The van der Waals surface area contributed by atoms with Gasteiger partial charge >= 0.3 is 5.97 Å². The molecule has 0 spiro atoms. The molecule has 0 atom stereocenters. The van der Waals surface area contributed by atoms with Crippen LogP contribution in [0.2, 0.25) is 0 Å². The van der Waals surface area contributed by atoms with Gasteiger partial charge < -0.3 is 14.6 Å². The number of nitrogens with zero attached hydrogens (tertiary/aromatic N) is 3. The number of nitrogens with one attached hydrogen (secondary N) is 1. The fourth-order valence-corrected chi connectivity index (χ4v) is 4.84. The number of amides is 1. The van der Waals surface area contributed by atoms with Crippen LogP contribution in [-0.4, -0.2) is 47.6 Å². The average Bonchev–Trinajstić information content (AvgIpc) is 2.98. The minimum Gasteiger partial charge on any atom is -0.466 e. The number of anilines is 1. The van der Waals surface area contributed by atoms with Crippen molar-refractivity contribution in [2.75, 3.05) is 31.6 Å². The molecule has 2 fully saturated rings. The molecule has 1 aliphatic heterocycles. The first-order valence-corrected chi connectivity index (χ1v) is 11.3. The van der Waals surface area contributed by atoms with Crippen LogP contribution in [0.4, 0.5) is 5.82 Å². The Morgan fingerprint density at radius 3 is 2.40 bits per heavy atom. The van der Waals surface area contributed by atoms with Crippen molar-refractivity contribution in [2.45, 2.75) is 71.8 Å². The predicted octanol–water partition coefficient (Wildman–Crippen LogP) is 3.70. The summed E-state index contributed by atoms with van der Waals surface area (Å²) < 4.78 is 7.31. The highest BCUT2D eigenvalue weighted by atomic mass is 16.5. The van der Waals surface area contributed by atoms with E-state index in [9.17, 15) is 14.9 Å². The molecule has 1 saturated heterocycles. The molecule has 1 aromatic heterocycles. The lowest BCUT2D eigenvalue weighted by atomic mass is 9.95. The van der Waals surface area contributed by atoms with E-state index in [0.29, 0.717) is 50.0 Å². The van der Waals surface area contributed by atoms with E-state index in [-0.39, 0.29) is 24.3 Å². The standard InChI is InChI=1S/C23H34N4O3/c1-4-30-23(29)18-10-12-26(13-11-18)15-21(28)25-22-20(14-24)16(2)17(3)27(22)19-8-6-5-7-9-19/h18-19H,4-13,15H2,1-3H3,(H,25,28). The Hall–Kier alpha value is -2.33. The van der Waals surface area contributed by atoms with Gasteiger partial charge in [0.05, 0.1) is 24.6 Å². The van der Waals surface area contributed by atoms with Gasteiger partial charge in [-0.2, -0.15) is 5.26 Å². The third-order valence-corrected chi connectivity index (χ3v) is 6.64. The van der Waals surface area contributed by atoms with E-state index in [1.165, 1.54) is 19.3 Å². The first-order valence-electron chi connectivity index (χ1n) is 11.3. The molecule has 0 radical (unpaired) electrons. The highest BCUT2D eigenvalue weighted by Crippen LogP contribution is 2.36. The van der Waals surface area contributed by atoms with Crippen LogP contribution in [0, 0.1) is 31.1 Å². The maximum atomic E-state index is 12.9. The molecule has 0 aromatic carbocycles. The summed E-state index contributed by atoms with van der Waals surface area (Å²) in [7, 11) is 0. The van der Waals surface area contributed by atoms with Crippen molar-refractivity contribution in [1.29, 1.82) is 5.26 Å². The van der Waals surface area contributed by atoms with Crippen LogP contribution in [0.3, 0.4) is 0 Å². The number of piperidine rings is 1. The average molecular weight is 415 g/mol. The summed E-state index contributed by atoms with van der Waals surface area (Å²) in [5, 5.41) is 12.8. The summed E-state index contributed by atoms with van der Waals surface area (Å²) in [4.78, 5) is 26.8. The maximum Gasteiger partial charge on any atom is 0.309 e. The van der Waals surface area contributed by atoms with Crippen molar-refractivity contribution in [1.82, 2.24) is 9.47 Å². The zero-order valence-corrected chi connectivity index (χ0v) is 18.5. The fourth-order valence-electron chi connectivity index (χ4n) is 4.84. The Morgan fingerprint density at radius 1 is 1.13 bits per heavy atom. The lowest BCUT2D eigenvalue weighted by Gasteiger charge is -2.30. The Morgan fingerprint density at radius 2 is 1.80 bits per heavy atom. The van der Waals surface area contributed by atoms with E-state index >= 15 is 0 Å². The van der Waals surface area contributed by atoms with Crippen molar-refractivity contribution in [2.24, 2.45) is 5.92 Å². The third-order valence-electron chi connectivity index (χ3n) is 6.64. The number of hydrogen-bond acceptors (Lipinski definition) is 5. The summed E-state index contributed by atoms with van der Waals surface area (Å²) >= 11 is 0. The van der Waals surface area contributed by atoms with E-state index in [1.54, 1.807) is 0 Å². The van der Waals surface area contributed by atoms with E-state index in [1.807, 2.05) is 20.8 Å². The van der Waals surface area contributed by atoms with Gasteiger partial charge in [-0.25, -0.2) is 0 Å². The molecule has 0 unspecified atom stereocenters. The number of rotatable bonds is 6. The molecule has 2 aliphatic rings. The molecular formula is C23H34N4O3. The summed E-state index contributed by atoms with van der Waals surface area (Å²) in [6, 6.07) is 2.65. The van der Waals surface area contributed by atoms with Crippen LogP contribution in [0.25, 0.3) is 0 Å². The molecule has 0 bridgehead atoms. The molecule has 7 nitrogen and oxygen atoms in total. The molecule has 164 valence electrons. The van der Waals surface area contributed by atoms with E-state index in [2.05, 4.69) is 20.9 Å². The highest BCUT2D eigenvalue weighted by molar-refractivity contribution is 5.93. The molecule has 2 heterocycles. The number of carbonyl (C=O) groups excluding carboxylic acids is 2. The quantitative estimate of drug-likeness (QED) is 0.717. The summed E-state index contributed by atoms with van der Waals surface area (Å²) in [5.41, 5.74) is 2.60. The van der Waals surface area contributed by atoms with Gasteiger partial charge in [0.1, 0.15) is 11.9 Å². The molecule has 1 aromatic rings. The largest absolute Gasteiger partial charge is 0.466 e. The van der Waals surface area contributed by atoms with E-state index in [4.69, 9.17) is 4.74 Å². The van der Waals surface area contributed by atoms with Gasteiger partial charge in [0.2, 0.25) is 5.91 Å². The first-order chi connectivity index (χ1) is 14.5. The minimum absolute atomic E-state index is 0.0664. The molecule has 1 N–H and O–H groups in total. The zero-order valence-electron chi connectivity index (χ0n) is 18.5. The van der Waals surface area contributed by atoms with Crippen LogP contribution >= 0.6 is 0 Å². The highest BCUT2D eigenvalue weighted by Gasteiger charge is 2.29. The second-order valence-electron chi connectivity index (χ2n) is 8.56. The molecular weight excluding hydrogens is 380 g/mol. The first kappa shape index (κ1) is 22.4. The molecule has 3 rings (SSSR count). The van der Waals surface area contributed by atoms with Crippen molar-refractivity contribution in [3.63, 3.8) is 0 Å². The normalized spacial score (nSPS) is 18.7. The summed E-state index contributed by atoms with van der Waals surface area (Å²) in [5.74, 6) is 0.362. The van der Waals surface area contributed by atoms with Gasteiger partial charge in [0.25, 0.3) is 0 Å². The Labute approximate surface area is 179 Å². The maximum absolute atomic E-state index is 12.9. The lowest BCUT2D eigenvalue weighted by Crippen LogP contribution is -2.41. The lowest BCUT2D eigenvalue weighted by molar-refractivity contribution is -0.149. The Bertz CT molecular complexity index is 809. The molecule has 1 aliphatic carbocycles. The monoisotopic (exact) mass is 414 g/mol. The molecule has 7 heteroatoms. The van der Waals surface area contributed by atoms with Crippen LogP contribution in [0.15, 0.2) is 0 Å².